The quantitative estimate of drug-likeness (QED) is 0.233. The van der Waals surface area contributed by atoms with Crippen molar-refractivity contribution in [3.8, 4) is 0 Å². The van der Waals surface area contributed by atoms with Crippen molar-refractivity contribution < 1.29 is 0 Å². The predicted molar refractivity (Wildman–Crippen MR) is 153 cm³/mol. The molecule has 4 atom stereocenters. The minimum absolute atomic E-state index is 0.167. The van der Waals surface area contributed by atoms with Crippen LogP contribution in [0.25, 0.3) is 0 Å². The van der Waals surface area contributed by atoms with Gasteiger partial charge in [-0.15, -0.1) is 18.5 Å². The van der Waals surface area contributed by atoms with Crippen LogP contribution in [-0.2, 0) is 23.2 Å². The fourth-order valence-electron chi connectivity index (χ4n) is 5.46. The summed E-state index contributed by atoms with van der Waals surface area (Å²) in [5.74, 6) is 0. The van der Waals surface area contributed by atoms with Gasteiger partial charge in [-0.25, -0.2) is 0 Å². The Morgan fingerprint density at radius 1 is 0.529 bits per heavy atom. The van der Waals surface area contributed by atoms with Crippen LogP contribution >= 0.6 is 18.5 Å². The summed E-state index contributed by atoms with van der Waals surface area (Å²) in [6.45, 7) is 0. The van der Waals surface area contributed by atoms with E-state index in [0.717, 1.165) is 12.8 Å². The van der Waals surface area contributed by atoms with Crippen LogP contribution in [0.5, 0.6) is 0 Å². The lowest BCUT2D eigenvalue weighted by molar-refractivity contribution is 0.176. The molecule has 0 radical (unpaired) electrons. The first-order valence-electron chi connectivity index (χ1n) is 11.9. The molecule has 0 aliphatic heterocycles. The Kier molecular flexibility index (Phi) is 8.00. The number of hydrogen-bond donors (Lipinski definition) is 0. The molecule has 0 fully saturated rings. The van der Waals surface area contributed by atoms with E-state index in [1.807, 2.05) is 0 Å². The van der Waals surface area contributed by atoms with Crippen LogP contribution in [0.4, 0.5) is 0 Å². The smallest absolute Gasteiger partial charge is 0.0358 e. The van der Waals surface area contributed by atoms with Crippen molar-refractivity contribution in [1.82, 2.24) is 4.90 Å². The molecule has 3 heteroatoms. The Balaban J connectivity index is 1.92. The number of nitrogens with zero attached hydrogens (tertiary/aromatic N) is 1. The zero-order chi connectivity index (χ0) is 24.0. The first-order chi connectivity index (χ1) is 16.4. The number of rotatable bonds is 9. The van der Waals surface area contributed by atoms with Gasteiger partial charge in [-0.2, -0.15) is 0 Å². The van der Waals surface area contributed by atoms with E-state index in [9.17, 15) is 0 Å². The van der Waals surface area contributed by atoms with Gasteiger partial charge in [0.2, 0.25) is 0 Å². The molecule has 0 aliphatic carbocycles. The van der Waals surface area contributed by atoms with E-state index in [1.165, 1.54) is 22.3 Å². The van der Waals surface area contributed by atoms with Crippen LogP contribution < -0.4 is 0 Å². The summed E-state index contributed by atoms with van der Waals surface area (Å²) in [6, 6.07) is 43.9. The largest absolute Gasteiger partial charge is 0.304 e. The molecule has 0 aliphatic rings. The van der Waals surface area contributed by atoms with Gasteiger partial charge in [0.05, 0.1) is 0 Å². The second kappa shape index (κ2) is 11.0. The predicted octanol–water partition coefficient (Wildman–Crippen LogP) is 6.94. The fourth-order valence-corrected chi connectivity index (χ4v) is 7.70. The summed E-state index contributed by atoms with van der Waals surface area (Å²) < 4.78 is 0. The lowest BCUT2D eigenvalue weighted by Crippen LogP contribution is -2.56. The van der Waals surface area contributed by atoms with E-state index < -0.39 is 0 Å². The summed E-state index contributed by atoms with van der Waals surface area (Å²) in [6.07, 6.45) is 1.84. The summed E-state index contributed by atoms with van der Waals surface area (Å²) in [5, 5.41) is -0.447. The molecule has 34 heavy (non-hydrogen) atoms. The average Bonchev–Trinajstić information content (AvgIpc) is 2.86. The standard InChI is InChI=1S/C31H35NP2/c1-32(2)29(30(33,27-19-11-5-12-20-27)23-25-15-7-3-8-16-25)31(34,28-21-13-6-14-22-28)24-26-17-9-4-10-18-26/h3-22,29H,23-24,33-34H2,1-2H3. The summed E-state index contributed by atoms with van der Waals surface area (Å²) >= 11 is 0. The minimum Gasteiger partial charge on any atom is -0.304 e. The topological polar surface area (TPSA) is 3.24 Å². The highest BCUT2D eigenvalue weighted by atomic mass is 31.0. The molecule has 4 unspecified atom stereocenters. The highest BCUT2D eigenvalue weighted by Gasteiger charge is 2.49. The SMILES string of the molecule is CN(C)C(C(P)(Cc1ccccc1)c1ccccc1)C(P)(Cc1ccccc1)c1ccccc1. The van der Waals surface area contributed by atoms with Crippen molar-refractivity contribution in [2.75, 3.05) is 14.1 Å². The Morgan fingerprint density at radius 3 is 1.12 bits per heavy atom. The molecule has 0 spiro atoms. The molecule has 0 N–H and O–H groups in total. The third-order valence-corrected chi connectivity index (χ3v) is 8.50. The van der Waals surface area contributed by atoms with Crippen molar-refractivity contribution in [3.63, 3.8) is 0 Å². The van der Waals surface area contributed by atoms with Crippen molar-refractivity contribution in [1.29, 1.82) is 0 Å². The molecule has 0 aromatic heterocycles. The maximum Gasteiger partial charge on any atom is 0.0358 e. The van der Waals surface area contributed by atoms with Crippen LogP contribution in [0.3, 0.4) is 0 Å². The van der Waals surface area contributed by atoms with Gasteiger partial charge in [-0.05, 0) is 49.2 Å². The Labute approximate surface area is 210 Å². The van der Waals surface area contributed by atoms with E-state index in [4.69, 9.17) is 0 Å². The van der Waals surface area contributed by atoms with Crippen LogP contribution in [-0.4, -0.2) is 25.0 Å². The second-order valence-electron chi connectivity index (χ2n) is 9.50. The molecule has 174 valence electrons. The maximum atomic E-state index is 3.31. The van der Waals surface area contributed by atoms with Crippen LogP contribution in [0.15, 0.2) is 121 Å². The summed E-state index contributed by atoms with van der Waals surface area (Å²) in [5.41, 5.74) is 5.35. The highest BCUT2D eigenvalue weighted by molar-refractivity contribution is 7.20. The molecule has 1 nitrogen and oxygen atoms in total. The van der Waals surface area contributed by atoms with E-state index in [2.05, 4.69) is 159 Å². The molecule has 4 aromatic rings. The first kappa shape index (κ1) is 24.8. The summed E-state index contributed by atoms with van der Waals surface area (Å²) in [7, 11) is 11.1. The zero-order valence-electron chi connectivity index (χ0n) is 20.1. The lowest BCUT2D eigenvalue weighted by Gasteiger charge is -2.52. The van der Waals surface area contributed by atoms with Gasteiger partial charge in [-0.1, -0.05) is 121 Å². The number of hydrogen-bond acceptors (Lipinski definition) is 1. The van der Waals surface area contributed by atoms with E-state index in [1.54, 1.807) is 0 Å². The Bertz CT molecular complexity index is 1060. The van der Waals surface area contributed by atoms with Crippen molar-refractivity contribution in [3.05, 3.63) is 144 Å². The summed E-state index contributed by atoms with van der Waals surface area (Å²) in [4.78, 5) is 2.42. The fraction of sp³-hybridized carbons (Fsp3) is 0.226. The van der Waals surface area contributed by atoms with E-state index in [0.29, 0.717) is 0 Å². The molecule has 4 rings (SSSR count). The third kappa shape index (κ3) is 5.34. The van der Waals surface area contributed by atoms with Crippen LogP contribution in [0.1, 0.15) is 22.3 Å². The van der Waals surface area contributed by atoms with Crippen molar-refractivity contribution in [2.24, 2.45) is 0 Å². The van der Waals surface area contributed by atoms with Gasteiger partial charge >= 0.3 is 0 Å². The molecular formula is C31H35NP2. The molecule has 4 aromatic carbocycles. The maximum absolute atomic E-state index is 3.31. The normalized spacial score (nSPS) is 15.9. The molecule has 0 amide bonds. The van der Waals surface area contributed by atoms with Gasteiger partial charge in [0.1, 0.15) is 0 Å². The molecule has 0 heterocycles. The second-order valence-corrected chi connectivity index (χ2v) is 11.6. The van der Waals surface area contributed by atoms with Crippen LogP contribution in [0, 0.1) is 0 Å². The van der Waals surface area contributed by atoms with Gasteiger partial charge in [0, 0.05) is 16.4 Å². The molecule has 0 saturated carbocycles. The van der Waals surface area contributed by atoms with Gasteiger partial charge in [0.25, 0.3) is 0 Å². The number of benzene rings is 4. The first-order valence-corrected chi connectivity index (χ1v) is 13.0. The van der Waals surface area contributed by atoms with E-state index >= 15 is 0 Å². The average molecular weight is 484 g/mol. The Hall–Kier alpha value is -2.30. The molecule has 0 saturated heterocycles. The molecule has 0 bridgehead atoms. The molecular weight excluding hydrogens is 448 g/mol. The Morgan fingerprint density at radius 2 is 0.824 bits per heavy atom. The van der Waals surface area contributed by atoms with Crippen molar-refractivity contribution in [2.45, 2.75) is 29.2 Å². The lowest BCUT2D eigenvalue weighted by atomic mass is 9.73. The van der Waals surface area contributed by atoms with Crippen molar-refractivity contribution >= 4 is 18.5 Å². The van der Waals surface area contributed by atoms with E-state index in [-0.39, 0.29) is 16.4 Å². The van der Waals surface area contributed by atoms with Gasteiger partial charge in [0.15, 0.2) is 0 Å². The van der Waals surface area contributed by atoms with Gasteiger partial charge in [-0.3, -0.25) is 0 Å². The zero-order valence-corrected chi connectivity index (χ0v) is 22.4. The number of likely N-dealkylation sites (N-methyl/N-ethyl adjacent to an activating group) is 1. The van der Waals surface area contributed by atoms with Crippen LogP contribution in [0.2, 0.25) is 0 Å². The van der Waals surface area contributed by atoms with Gasteiger partial charge < -0.3 is 4.90 Å². The third-order valence-electron chi connectivity index (χ3n) is 6.79. The minimum atomic E-state index is -0.224. The highest BCUT2D eigenvalue weighted by Crippen LogP contribution is 2.52. The monoisotopic (exact) mass is 483 g/mol.